The Morgan fingerprint density at radius 3 is 1.32 bits per heavy atom. The van der Waals surface area contributed by atoms with E-state index in [4.69, 9.17) is 4.98 Å². The molecule has 0 N–H and O–H groups in total. The van der Waals surface area contributed by atoms with Crippen molar-refractivity contribution in [2.45, 2.75) is 6.42 Å². The zero-order chi connectivity index (χ0) is 51.5. The third-order valence-electron chi connectivity index (χ3n) is 15.9. The van der Waals surface area contributed by atoms with Gasteiger partial charge in [-0.3, -0.25) is 4.57 Å². The van der Waals surface area contributed by atoms with Crippen LogP contribution in [0.4, 0.5) is 0 Å². The molecule has 2 nitrogen and oxygen atoms in total. The van der Waals surface area contributed by atoms with E-state index < -0.39 is 0 Å². The number of hydrogen-bond acceptors (Lipinski definition) is 1. The van der Waals surface area contributed by atoms with E-state index in [2.05, 4.69) is 296 Å². The van der Waals surface area contributed by atoms with Crippen molar-refractivity contribution in [1.82, 2.24) is 9.55 Å². The average molecular weight is 991 g/mol. The fourth-order valence-corrected chi connectivity index (χ4v) is 12.5. The minimum absolute atomic E-state index is 0.839. The van der Waals surface area contributed by atoms with Gasteiger partial charge in [0.05, 0.1) is 11.4 Å². The SMILES string of the molecule is C1=CCC=C(c2c(-c3ccccc3)nc(-c3cccc(-c4c5ccccc5c(-c5ccc6c(-c7ccc8ccccc8c7)c7ccccc7c(-c7ccc8ccccc8c7)c6c5)c5ccccc45)c3)n2-c2ccccc2)C=C1. The Bertz CT molecular complexity index is 4740. The van der Waals surface area contributed by atoms with E-state index in [1.54, 1.807) is 0 Å². The van der Waals surface area contributed by atoms with Gasteiger partial charge >= 0.3 is 0 Å². The number of para-hydroxylation sites is 1. The zero-order valence-electron chi connectivity index (χ0n) is 42.8. The topological polar surface area (TPSA) is 17.8 Å². The number of imidazole rings is 1. The molecule has 1 aliphatic rings. The van der Waals surface area contributed by atoms with Crippen molar-refractivity contribution in [1.29, 1.82) is 0 Å². The first-order valence-corrected chi connectivity index (χ1v) is 27.0. The minimum atomic E-state index is 0.839. The maximum absolute atomic E-state index is 5.64. The molecule has 0 saturated carbocycles. The molecule has 0 amide bonds. The summed E-state index contributed by atoms with van der Waals surface area (Å²) in [4.78, 5) is 5.64. The lowest BCUT2D eigenvalue weighted by atomic mass is 9.82. The van der Waals surface area contributed by atoms with Crippen molar-refractivity contribution in [3.63, 3.8) is 0 Å². The molecule has 13 aromatic carbocycles. The van der Waals surface area contributed by atoms with Gasteiger partial charge < -0.3 is 0 Å². The highest BCUT2D eigenvalue weighted by Crippen LogP contribution is 2.49. The molecule has 0 spiro atoms. The van der Waals surface area contributed by atoms with Crippen LogP contribution in [0.5, 0.6) is 0 Å². The van der Waals surface area contributed by atoms with Crippen LogP contribution >= 0.6 is 0 Å². The Balaban J connectivity index is 0.970. The van der Waals surface area contributed by atoms with E-state index in [0.717, 1.165) is 51.6 Å². The van der Waals surface area contributed by atoms with Crippen LogP contribution in [0.3, 0.4) is 0 Å². The molecule has 78 heavy (non-hydrogen) atoms. The molecule has 0 bridgehead atoms. The molecule has 1 aromatic heterocycles. The molecule has 1 aliphatic carbocycles. The molecule has 14 aromatic rings. The van der Waals surface area contributed by atoms with Crippen LogP contribution in [0, 0.1) is 0 Å². The zero-order valence-corrected chi connectivity index (χ0v) is 42.8. The molecule has 1 heterocycles. The summed E-state index contributed by atoms with van der Waals surface area (Å²) >= 11 is 0. The summed E-state index contributed by atoms with van der Waals surface area (Å²) in [5, 5.41) is 14.7. The van der Waals surface area contributed by atoms with Gasteiger partial charge in [-0.25, -0.2) is 4.98 Å². The number of fused-ring (bicyclic) bond motifs is 6. The van der Waals surface area contributed by atoms with Gasteiger partial charge in [-0.2, -0.15) is 0 Å². The highest BCUT2D eigenvalue weighted by atomic mass is 15.1. The first-order chi connectivity index (χ1) is 38.7. The van der Waals surface area contributed by atoms with Gasteiger partial charge in [0.2, 0.25) is 0 Å². The normalized spacial score (nSPS) is 12.5. The number of hydrogen-bond donors (Lipinski definition) is 0. The van der Waals surface area contributed by atoms with Gasteiger partial charge in [0, 0.05) is 16.8 Å². The Hall–Kier alpha value is -10.2. The standard InChI is InChI=1S/C76H50N2/c1-2-6-27-53(26-5-1)75-74(52-24-7-3-8-25-52)77-76(78(75)61-32-9-4-10-33-61)60-31-21-30-56(48-60)70-62-34-15-17-36-64(62)72(65-37-18-16-35-63(65)70)59-44-45-68-69(49-59)73(58-43-41-51-23-12-14-29-55(51)47-58)67-39-20-19-38-66(67)71(68)57-42-40-50-22-11-13-28-54(50)46-57/h1-5,7-49H,6H2. The van der Waals surface area contributed by atoms with Crippen molar-refractivity contribution in [2.24, 2.45) is 0 Å². The summed E-state index contributed by atoms with van der Waals surface area (Å²) in [5.41, 5.74) is 16.0. The molecule has 0 atom stereocenters. The van der Waals surface area contributed by atoms with Gasteiger partial charge in [-0.1, -0.05) is 255 Å². The molecular formula is C76H50N2. The lowest BCUT2D eigenvalue weighted by Crippen LogP contribution is -2.02. The molecule has 0 saturated heterocycles. The lowest BCUT2D eigenvalue weighted by molar-refractivity contribution is 1.05. The van der Waals surface area contributed by atoms with Crippen molar-refractivity contribution in [3.05, 3.63) is 297 Å². The van der Waals surface area contributed by atoms with Crippen LogP contribution in [-0.4, -0.2) is 9.55 Å². The average Bonchev–Trinajstić information content (AvgIpc) is 3.79. The number of aromatic nitrogens is 2. The highest BCUT2D eigenvalue weighted by Gasteiger charge is 2.25. The molecule has 0 unspecified atom stereocenters. The summed E-state index contributed by atoms with van der Waals surface area (Å²) < 4.78 is 2.36. The monoisotopic (exact) mass is 990 g/mol. The summed E-state index contributed by atoms with van der Waals surface area (Å²) in [6.45, 7) is 0. The Morgan fingerprint density at radius 2 is 0.744 bits per heavy atom. The van der Waals surface area contributed by atoms with Crippen LogP contribution < -0.4 is 0 Å². The molecule has 364 valence electrons. The van der Waals surface area contributed by atoms with Crippen LogP contribution in [-0.2, 0) is 0 Å². The van der Waals surface area contributed by atoms with Crippen molar-refractivity contribution >= 4 is 70.2 Å². The quantitative estimate of drug-likeness (QED) is 0.139. The fraction of sp³-hybridized carbons (Fsp3) is 0.0132. The third-order valence-corrected chi connectivity index (χ3v) is 15.9. The number of rotatable bonds is 8. The van der Waals surface area contributed by atoms with E-state index in [9.17, 15) is 0 Å². The number of nitrogens with zero attached hydrogens (tertiary/aromatic N) is 2. The molecule has 2 heteroatoms. The number of benzene rings is 13. The second-order valence-corrected chi connectivity index (χ2v) is 20.5. The second-order valence-electron chi connectivity index (χ2n) is 20.5. The van der Waals surface area contributed by atoms with E-state index >= 15 is 0 Å². The molecular weight excluding hydrogens is 941 g/mol. The Morgan fingerprint density at radius 1 is 0.308 bits per heavy atom. The van der Waals surface area contributed by atoms with Gasteiger partial charge in [0.1, 0.15) is 5.82 Å². The fourth-order valence-electron chi connectivity index (χ4n) is 12.5. The van der Waals surface area contributed by atoms with E-state index in [0.29, 0.717) is 0 Å². The van der Waals surface area contributed by atoms with Gasteiger partial charge in [-0.15, -0.1) is 0 Å². The van der Waals surface area contributed by atoms with Crippen molar-refractivity contribution < 1.29 is 0 Å². The minimum Gasteiger partial charge on any atom is -0.292 e. The van der Waals surface area contributed by atoms with Crippen LogP contribution in [0.2, 0.25) is 0 Å². The Kier molecular flexibility index (Phi) is 11.0. The predicted octanol–water partition coefficient (Wildman–Crippen LogP) is 20.7. The molecule has 0 aliphatic heterocycles. The second kappa shape index (κ2) is 18.9. The van der Waals surface area contributed by atoms with Gasteiger partial charge in [0.15, 0.2) is 0 Å². The number of allylic oxidation sites excluding steroid dienone is 6. The van der Waals surface area contributed by atoms with E-state index in [1.165, 1.54) is 104 Å². The summed E-state index contributed by atoms with van der Waals surface area (Å²) in [6, 6.07) is 96.1. The summed E-state index contributed by atoms with van der Waals surface area (Å²) in [5.74, 6) is 0.891. The molecule has 0 radical (unpaired) electrons. The van der Waals surface area contributed by atoms with E-state index in [-0.39, 0.29) is 0 Å². The lowest BCUT2D eigenvalue weighted by Gasteiger charge is -2.21. The summed E-state index contributed by atoms with van der Waals surface area (Å²) in [6.07, 6.45) is 11.8. The first-order valence-electron chi connectivity index (χ1n) is 27.0. The van der Waals surface area contributed by atoms with Crippen LogP contribution in [0.25, 0.3) is 143 Å². The largest absolute Gasteiger partial charge is 0.292 e. The van der Waals surface area contributed by atoms with Crippen LogP contribution in [0.15, 0.2) is 291 Å². The summed E-state index contributed by atoms with van der Waals surface area (Å²) in [7, 11) is 0. The van der Waals surface area contributed by atoms with E-state index in [1.807, 2.05) is 0 Å². The maximum Gasteiger partial charge on any atom is 0.145 e. The third kappa shape index (κ3) is 7.60. The van der Waals surface area contributed by atoms with Gasteiger partial charge in [-0.05, 0) is 158 Å². The first kappa shape index (κ1) is 45.3. The molecule has 0 fully saturated rings. The Labute approximate surface area is 453 Å². The van der Waals surface area contributed by atoms with Crippen molar-refractivity contribution in [3.8, 4) is 72.8 Å². The van der Waals surface area contributed by atoms with Gasteiger partial charge in [0.25, 0.3) is 0 Å². The maximum atomic E-state index is 5.64. The molecule has 15 rings (SSSR count). The smallest absolute Gasteiger partial charge is 0.145 e. The van der Waals surface area contributed by atoms with Crippen molar-refractivity contribution in [2.75, 3.05) is 0 Å². The predicted molar refractivity (Wildman–Crippen MR) is 332 cm³/mol. The van der Waals surface area contributed by atoms with Crippen LogP contribution in [0.1, 0.15) is 12.1 Å². The highest BCUT2D eigenvalue weighted by molar-refractivity contribution is 6.25.